The van der Waals surface area contributed by atoms with Crippen LogP contribution in [-0.4, -0.2) is 30.8 Å². The molecule has 1 fully saturated rings. The molecule has 4 atom stereocenters. The Labute approximate surface area is 262 Å². The number of fused-ring (bicyclic) bond motifs is 1. The van der Waals surface area contributed by atoms with Crippen LogP contribution in [0.3, 0.4) is 0 Å². The molecule has 1 saturated carbocycles. The van der Waals surface area contributed by atoms with Crippen LogP contribution < -0.4 is 5.32 Å². The Bertz CT molecular complexity index is 1170. The van der Waals surface area contributed by atoms with Crippen molar-refractivity contribution in [3.63, 3.8) is 0 Å². The van der Waals surface area contributed by atoms with E-state index in [0.29, 0.717) is 13.2 Å². The van der Waals surface area contributed by atoms with Gasteiger partial charge in [-0.15, -0.1) is 0 Å². The summed E-state index contributed by atoms with van der Waals surface area (Å²) in [5.74, 6) is -0.120. The normalized spacial score (nSPS) is 27.9. The number of carbonyl (C=O) groups is 3. The maximum absolute atomic E-state index is 13.3. The Balaban J connectivity index is 2.51. The number of rotatable bonds is 13. The molecule has 2 aliphatic rings. The fraction of sp³-hybridized carbons (Fsp3) is 0.784. The van der Waals surface area contributed by atoms with Crippen LogP contribution in [0, 0.1) is 49.7 Å². The first-order chi connectivity index (χ1) is 19.6. The zero-order chi connectivity index (χ0) is 33.1. The fourth-order valence-corrected chi connectivity index (χ4v) is 8.15. The van der Waals surface area contributed by atoms with Gasteiger partial charge in [-0.1, -0.05) is 87.3 Å². The second kappa shape index (κ2) is 13.3. The van der Waals surface area contributed by atoms with Gasteiger partial charge in [-0.05, 0) is 87.0 Å². The molecule has 0 aliphatic heterocycles. The highest BCUT2D eigenvalue weighted by atomic mass is 16.5. The maximum Gasteiger partial charge on any atom is 0.407 e. The van der Waals surface area contributed by atoms with Gasteiger partial charge >= 0.3 is 6.09 Å². The maximum atomic E-state index is 13.3. The molecule has 6 heteroatoms. The quantitative estimate of drug-likeness (QED) is 0.214. The van der Waals surface area contributed by atoms with Crippen molar-refractivity contribution in [2.45, 2.75) is 134 Å². The summed E-state index contributed by atoms with van der Waals surface area (Å²) in [5, 5.41) is 12.7. The molecule has 0 radical (unpaired) electrons. The van der Waals surface area contributed by atoms with E-state index in [1.165, 1.54) is 0 Å². The first kappa shape index (κ1) is 36.8. The molecular formula is C37H60N2O4. The summed E-state index contributed by atoms with van der Waals surface area (Å²) in [6.07, 6.45) is 11.0. The Morgan fingerprint density at radius 1 is 1.05 bits per heavy atom. The second-order valence-corrected chi connectivity index (χ2v) is 16.3. The number of hydrogen-bond donors (Lipinski definition) is 1. The van der Waals surface area contributed by atoms with Gasteiger partial charge in [-0.3, -0.25) is 9.59 Å². The highest BCUT2D eigenvalue weighted by molar-refractivity contribution is 6.04. The van der Waals surface area contributed by atoms with Crippen molar-refractivity contribution in [3.8, 4) is 6.07 Å². The summed E-state index contributed by atoms with van der Waals surface area (Å²) in [4.78, 5) is 38.4. The minimum atomic E-state index is -0.698. The number of allylic oxidation sites excluding steroid dienone is 4. The number of nitrogens with zero attached hydrogens (tertiary/aromatic N) is 1. The van der Waals surface area contributed by atoms with Gasteiger partial charge in [0.1, 0.15) is 6.07 Å². The lowest BCUT2D eigenvalue weighted by molar-refractivity contribution is -0.131. The molecule has 242 valence electrons. The molecule has 1 amide bonds. The summed E-state index contributed by atoms with van der Waals surface area (Å²) in [5.41, 5.74) is -0.618. The van der Waals surface area contributed by atoms with Crippen LogP contribution in [0.1, 0.15) is 134 Å². The van der Waals surface area contributed by atoms with Crippen LogP contribution in [-0.2, 0) is 14.3 Å². The van der Waals surface area contributed by atoms with Crippen molar-refractivity contribution in [1.82, 2.24) is 5.32 Å². The molecule has 0 aromatic heterocycles. The molecule has 0 aromatic rings. The predicted molar refractivity (Wildman–Crippen MR) is 174 cm³/mol. The molecule has 0 bridgehead atoms. The minimum Gasteiger partial charge on any atom is -0.449 e. The third-order valence-electron chi connectivity index (χ3n) is 11.5. The number of carbonyl (C=O) groups excluding carboxylic acids is 3. The molecule has 0 aromatic carbocycles. The lowest BCUT2D eigenvalue weighted by Crippen LogP contribution is -2.55. The number of ether oxygens (including phenoxy) is 1. The highest BCUT2D eigenvalue weighted by Crippen LogP contribution is 2.67. The summed E-state index contributed by atoms with van der Waals surface area (Å²) < 4.78 is 5.75. The number of nitriles is 1. The Morgan fingerprint density at radius 2 is 1.65 bits per heavy atom. The summed E-state index contributed by atoms with van der Waals surface area (Å²) in [6.45, 7) is 26.4. The van der Waals surface area contributed by atoms with Crippen LogP contribution >= 0.6 is 0 Å². The van der Waals surface area contributed by atoms with E-state index >= 15 is 0 Å². The molecule has 0 saturated heterocycles. The van der Waals surface area contributed by atoms with Crippen LogP contribution in [0.2, 0.25) is 0 Å². The summed E-state index contributed by atoms with van der Waals surface area (Å²) >= 11 is 0. The molecule has 0 spiro atoms. The van der Waals surface area contributed by atoms with Gasteiger partial charge in [-0.2, -0.15) is 5.26 Å². The lowest BCUT2D eigenvalue weighted by Gasteiger charge is -2.61. The highest BCUT2D eigenvalue weighted by Gasteiger charge is 2.61. The monoisotopic (exact) mass is 596 g/mol. The van der Waals surface area contributed by atoms with E-state index in [1.807, 2.05) is 26.8 Å². The molecule has 2 aliphatic carbocycles. The van der Waals surface area contributed by atoms with Crippen molar-refractivity contribution in [2.75, 3.05) is 13.2 Å². The van der Waals surface area contributed by atoms with Gasteiger partial charge in [-0.25, -0.2) is 4.79 Å². The molecule has 0 heterocycles. The summed E-state index contributed by atoms with van der Waals surface area (Å²) in [6, 6.07) is 2.17. The number of alkyl carbamates (subject to hydrolysis) is 1. The van der Waals surface area contributed by atoms with Crippen LogP contribution in [0.15, 0.2) is 23.3 Å². The van der Waals surface area contributed by atoms with Crippen LogP contribution in [0.4, 0.5) is 4.79 Å². The van der Waals surface area contributed by atoms with Gasteiger partial charge in [0, 0.05) is 22.8 Å². The lowest BCUT2D eigenvalue weighted by atomic mass is 9.42. The van der Waals surface area contributed by atoms with Crippen molar-refractivity contribution in [2.24, 2.45) is 38.4 Å². The molecule has 1 N–H and O–H groups in total. The molecule has 43 heavy (non-hydrogen) atoms. The average molecular weight is 597 g/mol. The molecule has 6 nitrogen and oxygen atoms in total. The first-order valence-corrected chi connectivity index (χ1v) is 16.5. The van der Waals surface area contributed by atoms with E-state index in [2.05, 4.69) is 66.8 Å². The summed E-state index contributed by atoms with van der Waals surface area (Å²) in [7, 11) is 0. The van der Waals surface area contributed by atoms with Crippen LogP contribution in [0.5, 0.6) is 0 Å². The van der Waals surface area contributed by atoms with Gasteiger partial charge in [0.25, 0.3) is 0 Å². The number of ketones is 2. The van der Waals surface area contributed by atoms with Gasteiger partial charge in [0.15, 0.2) is 11.6 Å². The number of Topliss-reactive ketones (excluding diaryl/α,β-unsaturated/α-hetero) is 1. The van der Waals surface area contributed by atoms with Crippen molar-refractivity contribution >= 4 is 17.7 Å². The number of hydrogen-bond acceptors (Lipinski definition) is 5. The second-order valence-electron chi connectivity index (χ2n) is 16.3. The zero-order valence-electron chi connectivity index (χ0n) is 29.4. The fourth-order valence-electron chi connectivity index (χ4n) is 8.15. The average Bonchev–Trinajstić information content (AvgIpc) is 2.90. The van der Waals surface area contributed by atoms with Gasteiger partial charge < -0.3 is 10.1 Å². The Kier molecular flexibility index (Phi) is 11.4. The SMILES string of the molecule is CCCC(C)(C)CC[C@@](C)(CCC(C)(C)[C@]1(C)CC[C@H]2C(C)(C)C(=O)C(C#N)=C[C@]2(C)/C1=C/C(C)=O)COC(=O)NCC. The third kappa shape index (κ3) is 7.81. The van der Waals surface area contributed by atoms with E-state index in [9.17, 15) is 19.6 Å². The largest absolute Gasteiger partial charge is 0.449 e. The van der Waals surface area contributed by atoms with Crippen LogP contribution in [0.25, 0.3) is 0 Å². The van der Waals surface area contributed by atoms with E-state index in [0.717, 1.165) is 56.9 Å². The number of amides is 1. The predicted octanol–water partition coefficient (Wildman–Crippen LogP) is 9.15. The topological polar surface area (TPSA) is 96.3 Å². The van der Waals surface area contributed by atoms with Crippen molar-refractivity contribution < 1.29 is 19.1 Å². The van der Waals surface area contributed by atoms with E-state index in [-0.39, 0.29) is 50.8 Å². The van der Waals surface area contributed by atoms with E-state index in [1.54, 1.807) is 13.0 Å². The molecule has 0 unspecified atom stereocenters. The first-order valence-electron chi connectivity index (χ1n) is 16.5. The third-order valence-corrected chi connectivity index (χ3v) is 11.5. The van der Waals surface area contributed by atoms with Gasteiger partial charge in [0.05, 0.1) is 12.2 Å². The van der Waals surface area contributed by atoms with Gasteiger partial charge in [0.2, 0.25) is 0 Å². The Morgan fingerprint density at radius 3 is 2.19 bits per heavy atom. The molecule has 2 rings (SSSR count). The van der Waals surface area contributed by atoms with Crippen molar-refractivity contribution in [1.29, 1.82) is 5.26 Å². The number of nitrogens with one attached hydrogen (secondary N) is 1. The smallest absolute Gasteiger partial charge is 0.407 e. The van der Waals surface area contributed by atoms with E-state index < -0.39 is 10.8 Å². The van der Waals surface area contributed by atoms with E-state index in [4.69, 9.17) is 4.74 Å². The zero-order valence-corrected chi connectivity index (χ0v) is 29.4. The van der Waals surface area contributed by atoms with Crippen molar-refractivity contribution in [3.05, 3.63) is 23.3 Å². The molecular weight excluding hydrogens is 536 g/mol. The standard InChI is InChI=1S/C37H60N2O4/c1-13-16-32(4,5)18-20-35(10,25-43-31(42)39-14-2)21-19-33(6,7)37(12)17-15-28-34(8,9)30(41)27(24-38)23-36(28,11)29(37)22-26(3)40/h22-23,28H,13-21,25H2,1-12H3,(H,39,42)/b29-22-/t28-,35-,36-,37+/m0/s1. The Hall–Kier alpha value is -2.42. The minimum absolute atomic E-state index is 0.00406.